The highest BCUT2D eigenvalue weighted by molar-refractivity contribution is 7.17. The highest BCUT2D eigenvalue weighted by Crippen LogP contribution is 2.29. The van der Waals surface area contributed by atoms with E-state index >= 15 is 0 Å². The van der Waals surface area contributed by atoms with E-state index < -0.39 is 5.97 Å². The number of ether oxygens (including phenoxy) is 1. The third-order valence-corrected chi connectivity index (χ3v) is 6.21. The van der Waals surface area contributed by atoms with Gasteiger partial charge in [0.25, 0.3) is 0 Å². The number of aromatic amines is 1. The summed E-state index contributed by atoms with van der Waals surface area (Å²) in [6.07, 6.45) is 1.98. The van der Waals surface area contributed by atoms with E-state index in [1.165, 1.54) is 17.0 Å². The molecule has 32 heavy (non-hydrogen) atoms. The minimum Gasteiger partial charge on any atom is -0.462 e. The Hall–Kier alpha value is -3.52. The van der Waals surface area contributed by atoms with Gasteiger partial charge in [-0.05, 0) is 43.2 Å². The number of hydrogen-bond donors (Lipinski definition) is 1. The molecule has 0 radical (unpaired) electrons. The van der Waals surface area contributed by atoms with Crippen LogP contribution in [0.1, 0.15) is 33.4 Å². The number of H-pyrrole nitrogens is 1. The summed E-state index contributed by atoms with van der Waals surface area (Å²) in [6, 6.07) is 13.8. The normalized spacial score (nSPS) is 11.0. The Morgan fingerprint density at radius 3 is 2.66 bits per heavy atom. The van der Waals surface area contributed by atoms with Gasteiger partial charge in [0.2, 0.25) is 5.91 Å². The van der Waals surface area contributed by atoms with Crippen LogP contribution in [0.15, 0.2) is 54.7 Å². The van der Waals surface area contributed by atoms with Crippen LogP contribution in [-0.4, -0.2) is 28.5 Å². The monoisotopic (exact) mass is 451 g/mol. The third kappa shape index (κ3) is 4.55. The quantitative estimate of drug-likeness (QED) is 0.400. The molecule has 8 heteroatoms. The molecule has 0 spiro atoms. The number of fused-ring (bicyclic) bond motifs is 1. The number of amides is 1. The number of anilines is 1. The molecule has 4 aromatic rings. The lowest BCUT2D eigenvalue weighted by Gasteiger charge is -2.20. The van der Waals surface area contributed by atoms with Crippen molar-refractivity contribution in [1.29, 1.82) is 0 Å². The van der Waals surface area contributed by atoms with Crippen molar-refractivity contribution in [1.82, 2.24) is 9.97 Å². The highest BCUT2D eigenvalue weighted by atomic mass is 32.1. The molecule has 0 fully saturated rings. The van der Waals surface area contributed by atoms with E-state index in [9.17, 15) is 14.0 Å². The first-order chi connectivity index (χ1) is 15.5. The Morgan fingerprint density at radius 1 is 1.16 bits per heavy atom. The van der Waals surface area contributed by atoms with E-state index in [2.05, 4.69) is 9.97 Å². The van der Waals surface area contributed by atoms with Gasteiger partial charge in [-0.25, -0.2) is 14.2 Å². The molecule has 2 aromatic heterocycles. The summed E-state index contributed by atoms with van der Waals surface area (Å²) >= 11 is 1.12. The van der Waals surface area contributed by atoms with E-state index in [0.29, 0.717) is 15.7 Å². The van der Waals surface area contributed by atoms with Crippen LogP contribution >= 0.6 is 11.3 Å². The fraction of sp³-hybridized carbons (Fsp3) is 0.208. The number of para-hydroxylation sites is 1. The predicted molar refractivity (Wildman–Crippen MR) is 122 cm³/mol. The van der Waals surface area contributed by atoms with Crippen LogP contribution in [0.5, 0.6) is 0 Å². The summed E-state index contributed by atoms with van der Waals surface area (Å²) < 4.78 is 18.5. The first-order valence-corrected chi connectivity index (χ1v) is 11.0. The van der Waals surface area contributed by atoms with Gasteiger partial charge in [0.05, 0.1) is 25.3 Å². The molecule has 1 N–H and O–H groups in total. The summed E-state index contributed by atoms with van der Waals surface area (Å²) in [5.74, 6) is -0.983. The fourth-order valence-corrected chi connectivity index (χ4v) is 4.43. The number of aryl methyl sites for hydroxylation is 1. The minimum absolute atomic E-state index is 0.151. The van der Waals surface area contributed by atoms with E-state index in [1.807, 2.05) is 30.5 Å². The molecular formula is C24H22FN3O3S. The second-order valence-corrected chi connectivity index (χ2v) is 8.25. The number of rotatable bonds is 7. The second kappa shape index (κ2) is 9.32. The van der Waals surface area contributed by atoms with E-state index in [-0.39, 0.29) is 31.3 Å². The van der Waals surface area contributed by atoms with E-state index in [0.717, 1.165) is 33.4 Å². The maximum Gasteiger partial charge on any atom is 0.350 e. The summed E-state index contributed by atoms with van der Waals surface area (Å²) in [7, 11) is 0. The average molecular weight is 452 g/mol. The molecule has 0 aliphatic carbocycles. The zero-order valence-corrected chi connectivity index (χ0v) is 18.5. The Labute approximate surface area is 188 Å². The number of hydrogen-bond acceptors (Lipinski definition) is 5. The van der Waals surface area contributed by atoms with Crippen LogP contribution in [0.25, 0.3) is 10.9 Å². The Kier molecular flexibility index (Phi) is 6.32. The molecule has 6 nitrogen and oxygen atoms in total. The smallest absolute Gasteiger partial charge is 0.350 e. The minimum atomic E-state index is -0.459. The van der Waals surface area contributed by atoms with Crippen LogP contribution in [0.4, 0.5) is 9.52 Å². The molecule has 0 saturated heterocycles. The summed E-state index contributed by atoms with van der Waals surface area (Å²) in [5, 5.41) is 1.38. The van der Waals surface area contributed by atoms with Gasteiger partial charge in [-0.2, -0.15) is 0 Å². The molecule has 164 valence electrons. The number of benzene rings is 2. The van der Waals surface area contributed by atoms with E-state index in [1.54, 1.807) is 26.0 Å². The molecule has 0 aliphatic heterocycles. The Bertz CT molecular complexity index is 1260. The van der Waals surface area contributed by atoms with Gasteiger partial charge in [0, 0.05) is 17.1 Å². The number of aromatic nitrogens is 2. The maximum absolute atomic E-state index is 13.4. The van der Waals surface area contributed by atoms with Gasteiger partial charge in [0.15, 0.2) is 5.13 Å². The molecule has 0 saturated carbocycles. The zero-order valence-electron chi connectivity index (χ0n) is 17.7. The predicted octanol–water partition coefficient (Wildman–Crippen LogP) is 5.02. The number of carbonyl (C=O) groups excluding carboxylic acids is 2. The van der Waals surface area contributed by atoms with Crippen molar-refractivity contribution in [2.24, 2.45) is 0 Å². The van der Waals surface area contributed by atoms with Gasteiger partial charge >= 0.3 is 5.97 Å². The number of thiazole rings is 1. The Morgan fingerprint density at radius 2 is 1.91 bits per heavy atom. The van der Waals surface area contributed by atoms with Crippen molar-refractivity contribution < 1.29 is 18.7 Å². The van der Waals surface area contributed by atoms with Crippen molar-refractivity contribution in [3.63, 3.8) is 0 Å². The van der Waals surface area contributed by atoms with Crippen LogP contribution < -0.4 is 4.90 Å². The molecule has 0 unspecified atom stereocenters. The van der Waals surface area contributed by atoms with Crippen LogP contribution in [-0.2, 0) is 22.5 Å². The largest absolute Gasteiger partial charge is 0.462 e. The number of carbonyl (C=O) groups is 2. The lowest BCUT2D eigenvalue weighted by molar-refractivity contribution is -0.118. The lowest BCUT2D eigenvalue weighted by Crippen LogP contribution is -2.31. The summed E-state index contributed by atoms with van der Waals surface area (Å²) in [6.45, 7) is 3.91. The molecule has 2 aromatic carbocycles. The van der Waals surface area contributed by atoms with Crippen molar-refractivity contribution >= 4 is 39.2 Å². The molecule has 0 bridgehead atoms. The first kappa shape index (κ1) is 21.7. The number of halogens is 1. The topological polar surface area (TPSA) is 75.3 Å². The second-order valence-electron chi connectivity index (χ2n) is 7.27. The number of nitrogens with zero attached hydrogens (tertiary/aromatic N) is 2. The van der Waals surface area contributed by atoms with Crippen molar-refractivity contribution in [2.45, 2.75) is 26.8 Å². The molecule has 1 amide bonds. The number of esters is 1. The van der Waals surface area contributed by atoms with Crippen molar-refractivity contribution in [3.8, 4) is 0 Å². The summed E-state index contributed by atoms with van der Waals surface area (Å²) in [4.78, 5) is 35.3. The van der Waals surface area contributed by atoms with Gasteiger partial charge in [-0.15, -0.1) is 0 Å². The summed E-state index contributed by atoms with van der Waals surface area (Å²) in [5.41, 5.74) is 3.08. The van der Waals surface area contributed by atoms with Crippen molar-refractivity contribution in [3.05, 3.63) is 82.2 Å². The van der Waals surface area contributed by atoms with Gasteiger partial charge in [-0.3, -0.25) is 9.69 Å². The number of nitrogens with one attached hydrogen (secondary N) is 1. The molecule has 2 heterocycles. The first-order valence-electron chi connectivity index (χ1n) is 10.2. The lowest BCUT2D eigenvalue weighted by atomic mass is 10.1. The van der Waals surface area contributed by atoms with Crippen LogP contribution in [0.2, 0.25) is 0 Å². The standard InChI is InChI=1S/C24H22FN3O3S/c1-3-31-23(30)22-15(2)27-24(32-22)28(14-16-8-10-18(25)11-9-16)21(29)12-17-13-26-20-7-5-4-6-19(17)20/h4-11,13,26H,3,12,14H2,1-2H3. The molecular weight excluding hydrogens is 429 g/mol. The molecule has 0 aliphatic rings. The maximum atomic E-state index is 13.4. The Balaban J connectivity index is 1.67. The van der Waals surface area contributed by atoms with Gasteiger partial charge in [0.1, 0.15) is 10.7 Å². The zero-order chi connectivity index (χ0) is 22.7. The fourth-order valence-electron chi connectivity index (χ4n) is 3.45. The van der Waals surface area contributed by atoms with Gasteiger partial charge in [-0.1, -0.05) is 41.7 Å². The van der Waals surface area contributed by atoms with Gasteiger partial charge < -0.3 is 9.72 Å². The average Bonchev–Trinajstić information content (AvgIpc) is 3.37. The van der Waals surface area contributed by atoms with Crippen molar-refractivity contribution in [2.75, 3.05) is 11.5 Å². The third-order valence-electron chi connectivity index (χ3n) is 5.05. The molecule has 0 atom stereocenters. The van der Waals surface area contributed by atoms with Crippen LogP contribution in [0, 0.1) is 12.7 Å². The van der Waals surface area contributed by atoms with Crippen LogP contribution in [0.3, 0.4) is 0 Å². The SMILES string of the molecule is CCOC(=O)c1sc(N(Cc2ccc(F)cc2)C(=O)Cc2c[nH]c3ccccc23)nc1C. The van der Waals surface area contributed by atoms with E-state index in [4.69, 9.17) is 4.74 Å². The molecule has 4 rings (SSSR count). The highest BCUT2D eigenvalue weighted by Gasteiger charge is 2.25.